The van der Waals surface area contributed by atoms with Gasteiger partial charge in [-0.25, -0.2) is 4.39 Å². The summed E-state index contributed by atoms with van der Waals surface area (Å²) < 4.78 is 19.4. The van der Waals surface area contributed by atoms with Crippen LogP contribution in [0.2, 0.25) is 0 Å². The summed E-state index contributed by atoms with van der Waals surface area (Å²) in [5.41, 5.74) is 0.615. The van der Waals surface area contributed by atoms with Gasteiger partial charge in [-0.1, -0.05) is 12.1 Å². The number of anilines is 1. The minimum Gasteiger partial charge on any atom is -0.387 e. The number of hydrogen-bond donors (Lipinski definition) is 1. The molecule has 1 aromatic heterocycles. The van der Waals surface area contributed by atoms with E-state index in [0.29, 0.717) is 31.9 Å². The number of morpholine rings is 1. The van der Waals surface area contributed by atoms with Crippen LogP contribution < -0.4 is 4.90 Å². The van der Waals surface area contributed by atoms with Gasteiger partial charge in [0.05, 0.1) is 31.0 Å². The fourth-order valence-electron chi connectivity index (χ4n) is 2.88. The zero-order chi connectivity index (χ0) is 16.2. The van der Waals surface area contributed by atoms with Crippen LogP contribution in [0.5, 0.6) is 0 Å². The molecular formula is C17H17FN2O2S. The summed E-state index contributed by atoms with van der Waals surface area (Å²) in [6.07, 6.45) is -0.120. The number of nitrogens with zero attached hydrogens (tertiary/aromatic N) is 2. The van der Waals surface area contributed by atoms with Crippen molar-refractivity contribution in [1.29, 1.82) is 5.26 Å². The van der Waals surface area contributed by atoms with Crippen LogP contribution in [0, 0.1) is 17.1 Å². The van der Waals surface area contributed by atoms with Crippen LogP contribution in [0.15, 0.2) is 35.7 Å². The average molecular weight is 332 g/mol. The lowest BCUT2D eigenvalue weighted by Crippen LogP contribution is -2.46. The quantitative estimate of drug-likeness (QED) is 0.935. The Labute approximate surface area is 138 Å². The smallest absolute Gasteiger partial charge is 0.143 e. The largest absolute Gasteiger partial charge is 0.387 e. The standard InChI is InChI=1S/C17H17FN2O2S/c18-14-3-1-4-15(13(14)10-19)20-6-7-22-11-12(20)9-16(21)17-5-2-8-23-17/h1-5,8,12,16,21H,6-7,9,11H2. The van der Waals surface area contributed by atoms with Crippen molar-refractivity contribution in [3.8, 4) is 6.07 Å². The maximum Gasteiger partial charge on any atom is 0.143 e. The summed E-state index contributed by atoms with van der Waals surface area (Å²) in [6, 6.07) is 10.3. The molecule has 23 heavy (non-hydrogen) atoms. The highest BCUT2D eigenvalue weighted by atomic mass is 32.1. The number of aliphatic hydroxyl groups is 1. The van der Waals surface area contributed by atoms with Crippen molar-refractivity contribution >= 4 is 17.0 Å². The molecule has 2 unspecified atom stereocenters. The Morgan fingerprint density at radius 2 is 2.30 bits per heavy atom. The second-order valence-electron chi connectivity index (χ2n) is 5.43. The van der Waals surface area contributed by atoms with Crippen LogP contribution in [0.25, 0.3) is 0 Å². The first-order valence-electron chi connectivity index (χ1n) is 7.45. The van der Waals surface area contributed by atoms with E-state index in [1.54, 1.807) is 12.1 Å². The van der Waals surface area contributed by atoms with Gasteiger partial charge in [0, 0.05) is 17.8 Å². The van der Waals surface area contributed by atoms with Gasteiger partial charge < -0.3 is 14.7 Å². The molecule has 2 atom stereocenters. The maximum absolute atomic E-state index is 13.9. The monoisotopic (exact) mass is 332 g/mol. The van der Waals surface area contributed by atoms with Gasteiger partial charge in [0.15, 0.2) is 0 Å². The van der Waals surface area contributed by atoms with Crippen LogP contribution in [0.1, 0.15) is 23.0 Å². The molecule has 3 rings (SSSR count). The van der Waals surface area contributed by atoms with Crippen molar-refractivity contribution < 1.29 is 14.2 Å². The molecule has 0 saturated carbocycles. The van der Waals surface area contributed by atoms with Gasteiger partial charge in [0.2, 0.25) is 0 Å². The lowest BCUT2D eigenvalue weighted by atomic mass is 10.0. The van der Waals surface area contributed by atoms with E-state index in [-0.39, 0.29) is 11.6 Å². The van der Waals surface area contributed by atoms with E-state index in [1.807, 2.05) is 28.5 Å². The molecular weight excluding hydrogens is 315 g/mol. The minimum absolute atomic E-state index is 0.0463. The van der Waals surface area contributed by atoms with Crippen molar-refractivity contribution in [2.45, 2.75) is 18.6 Å². The van der Waals surface area contributed by atoms with Gasteiger partial charge in [0.25, 0.3) is 0 Å². The maximum atomic E-state index is 13.9. The molecule has 1 saturated heterocycles. The lowest BCUT2D eigenvalue weighted by Gasteiger charge is -2.38. The molecule has 1 aliphatic heterocycles. The predicted molar refractivity (Wildman–Crippen MR) is 87.0 cm³/mol. The SMILES string of the molecule is N#Cc1c(F)cccc1N1CCOCC1CC(O)c1cccs1. The van der Waals surface area contributed by atoms with Gasteiger partial charge in [-0.05, 0) is 23.6 Å². The molecule has 1 N–H and O–H groups in total. The van der Waals surface area contributed by atoms with Crippen LogP contribution in [-0.2, 0) is 4.74 Å². The molecule has 0 spiro atoms. The second-order valence-corrected chi connectivity index (χ2v) is 6.41. The molecule has 0 bridgehead atoms. The zero-order valence-corrected chi connectivity index (χ0v) is 13.3. The Morgan fingerprint density at radius 3 is 3.04 bits per heavy atom. The van der Waals surface area contributed by atoms with E-state index >= 15 is 0 Å². The number of aliphatic hydroxyl groups excluding tert-OH is 1. The molecule has 0 radical (unpaired) electrons. The van der Waals surface area contributed by atoms with E-state index < -0.39 is 11.9 Å². The number of halogens is 1. The van der Waals surface area contributed by atoms with Crippen molar-refractivity contribution in [3.05, 3.63) is 52.0 Å². The minimum atomic E-state index is -0.594. The van der Waals surface area contributed by atoms with Crippen LogP contribution in [-0.4, -0.2) is 30.9 Å². The van der Waals surface area contributed by atoms with E-state index in [9.17, 15) is 14.8 Å². The van der Waals surface area contributed by atoms with Crippen molar-refractivity contribution in [2.24, 2.45) is 0 Å². The number of benzene rings is 1. The molecule has 2 heterocycles. The lowest BCUT2D eigenvalue weighted by molar-refractivity contribution is 0.0688. The van der Waals surface area contributed by atoms with Gasteiger partial charge in [-0.3, -0.25) is 0 Å². The Morgan fingerprint density at radius 1 is 1.43 bits per heavy atom. The number of nitriles is 1. The van der Waals surface area contributed by atoms with E-state index in [1.165, 1.54) is 17.4 Å². The molecule has 0 amide bonds. The van der Waals surface area contributed by atoms with Crippen LogP contribution in [0.4, 0.5) is 10.1 Å². The molecule has 120 valence electrons. The normalized spacial score (nSPS) is 19.3. The summed E-state index contributed by atoms with van der Waals surface area (Å²) in [5.74, 6) is -0.519. The fraction of sp³-hybridized carbons (Fsp3) is 0.353. The molecule has 4 nitrogen and oxygen atoms in total. The molecule has 2 aromatic rings. The molecule has 1 fully saturated rings. The van der Waals surface area contributed by atoms with Crippen LogP contribution in [0.3, 0.4) is 0 Å². The summed E-state index contributed by atoms with van der Waals surface area (Å²) in [4.78, 5) is 2.87. The number of rotatable bonds is 4. The highest BCUT2D eigenvalue weighted by Crippen LogP contribution is 2.31. The highest BCUT2D eigenvalue weighted by Gasteiger charge is 2.28. The topological polar surface area (TPSA) is 56.5 Å². The molecule has 1 aliphatic rings. The Kier molecular flexibility index (Phi) is 4.91. The second kappa shape index (κ2) is 7.09. The number of hydrogen-bond acceptors (Lipinski definition) is 5. The predicted octanol–water partition coefficient (Wildman–Crippen LogP) is 3.09. The Balaban J connectivity index is 1.85. The van der Waals surface area contributed by atoms with Gasteiger partial charge in [-0.15, -0.1) is 11.3 Å². The highest BCUT2D eigenvalue weighted by molar-refractivity contribution is 7.10. The first-order chi connectivity index (χ1) is 11.2. The van der Waals surface area contributed by atoms with Gasteiger partial charge >= 0.3 is 0 Å². The van der Waals surface area contributed by atoms with Crippen molar-refractivity contribution in [1.82, 2.24) is 0 Å². The average Bonchev–Trinajstić information content (AvgIpc) is 3.10. The van der Waals surface area contributed by atoms with E-state index in [0.717, 1.165) is 4.88 Å². The summed E-state index contributed by atoms with van der Waals surface area (Å²) in [5, 5.41) is 21.6. The van der Waals surface area contributed by atoms with E-state index in [4.69, 9.17) is 4.74 Å². The summed E-state index contributed by atoms with van der Waals surface area (Å²) in [6.45, 7) is 1.54. The molecule has 1 aromatic carbocycles. The third kappa shape index (κ3) is 3.37. The number of ether oxygens (including phenoxy) is 1. The zero-order valence-electron chi connectivity index (χ0n) is 12.5. The van der Waals surface area contributed by atoms with Gasteiger partial charge in [-0.2, -0.15) is 5.26 Å². The van der Waals surface area contributed by atoms with Crippen LogP contribution >= 0.6 is 11.3 Å². The van der Waals surface area contributed by atoms with Crippen molar-refractivity contribution in [3.63, 3.8) is 0 Å². The third-order valence-electron chi connectivity index (χ3n) is 4.01. The van der Waals surface area contributed by atoms with Crippen molar-refractivity contribution in [2.75, 3.05) is 24.7 Å². The Bertz CT molecular complexity index is 699. The summed E-state index contributed by atoms with van der Waals surface area (Å²) in [7, 11) is 0. The third-order valence-corrected chi connectivity index (χ3v) is 4.98. The molecule has 0 aliphatic carbocycles. The van der Waals surface area contributed by atoms with Gasteiger partial charge in [0.1, 0.15) is 17.4 Å². The first kappa shape index (κ1) is 15.9. The molecule has 6 heteroatoms. The fourth-order valence-corrected chi connectivity index (χ4v) is 3.61. The summed E-state index contributed by atoms with van der Waals surface area (Å²) >= 11 is 1.51. The van der Waals surface area contributed by atoms with E-state index in [2.05, 4.69) is 0 Å². The first-order valence-corrected chi connectivity index (χ1v) is 8.33. The Hall–Kier alpha value is -1.94. The number of thiophene rings is 1.